The van der Waals surface area contributed by atoms with Crippen LogP contribution >= 0.6 is 0 Å². The Morgan fingerprint density at radius 2 is 1.73 bits per heavy atom. The lowest BCUT2D eigenvalue weighted by molar-refractivity contribution is 0.569. The highest BCUT2D eigenvalue weighted by Gasteiger charge is 2.20. The van der Waals surface area contributed by atoms with Crippen molar-refractivity contribution < 1.29 is 0 Å². The summed E-state index contributed by atoms with van der Waals surface area (Å²) in [6, 6.07) is 0. The molecule has 0 N–H and O–H groups in total. The van der Waals surface area contributed by atoms with E-state index in [1.807, 2.05) is 6.08 Å². The van der Waals surface area contributed by atoms with Crippen LogP contribution in [0.3, 0.4) is 0 Å². The topological polar surface area (TPSA) is 12.4 Å². The van der Waals surface area contributed by atoms with E-state index in [-0.39, 0.29) is 11.0 Å². The molecule has 0 radical (unpaired) electrons. The second kappa shape index (κ2) is 5.29. The summed E-state index contributed by atoms with van der Waals surface area (Å²) in [6.07, 6.45) is 7.23. The van der Waals surface area contributed by atoms with Gasteiger partial charge in [0, 0.05) is 11.1 Å². The van der Waals surface area contributed by atoms with E-state index in [1.165, 1.54) is 0 Å². The molecular weight excluding hydrogens is 182 g/mol. The summed E-state index contributed by atoms with van der Waals surface area (Å²) >= 11 is 0. The van der Waals surface area contributed by atoms with Gasteiger partial charge in [0.2, 0.25) is 0 Å². The monoisotopic (exact) mass is 207 g/mol. The molecule has 0 aromatic heterocycles. The number of allylic oxidation sites excluding steroid dienone is 2. The summed E-state index contributed by atoms with van der Waals surface area (Å²) in [6.45, 7) is 16.7. The molecule has 0 aromatic carbocycles. The summed E-state index contributed by atoms with van der Waals surface area (Å²) in [7, 11) is 0. The standard InChI is InChI=1S/C14H25N/c1-8-10-11-14(6,7)15-12(9-2)13(3,4)5/h9-11H,2,8H2,1,3-7H3/b11-10-,15-12?. The summed E-state index contributed by atoms with van der Waals surface area (Å²) in [5.74, 6) is 0. The van der Waals surface area contributed by atoms with Gasteiger partial charge in [-0.3, -0.25) is 4.99 Å². The third kappa shape index (κ3) is 5.56. The van der Waals surface area contributed by atoms with Crippen LogP contribution < -0.4 is 0 Å². The minimum absolute atomic E-state index is 0.0685. The SMILES string of the molecule is C=CC(=NC(C)(C)/C=C\CC)C(C)(C)C. The van der Waals surface area contributed by atoms with Crippen molar-refractivity contribution in [3.63, 3.8) is 0 Å². The zero-order valence-electron chi connectivity index (χ0n) is 11.1. The van der Waals surface area contributed by atoms with Crippen molar-refractivity contribution in [2.24, 2.45) is 10.4 Å². The van der Waals surface area contributed by atoms with Crippen LogP contribution in [0.4, 0.5) is 0 Å². The van der Waals surface area contributed by atoms with Crippen molar-refractivity contribution in [1.29, 1.82) is 0 Å². The molecule has 0 heterocycles. The maximum atomic E-state index is 4.75. The Hall–Kier alpha value is -0.850. The Morgan fingerprint density at radius 1 is 1.20 bits per heavy atom. The zero-order chi connectivity index (χ0) is 12.1. The average Bonchev–Trinajstić information content (AvgIpc) is 2.09. The highest BCUT2D eigenvalue weighted by molar-refractivity contribution is 5.98. The summed E-state index contributed by atoms with van der Waals surface area (Å²) in [4.78, 5) is 4.75. The molecule has 0 amide bonds. The molecule has 0 aliphatic carbocycles. The van der Waals surface area contributed by atoms with Gasteiger partial charge in [-0.25, -0.2) is 0 Å². The van der Waals surface area contributed by atoms with Crippen LogP contribution in [-0.2, 0) is 0 Å². The summed E-state index contributed by atoms with van der Waals surface area (Å²) < 4.78 is 0. The molecular formula is C14H25N. The van der Waals surface area contributed by atoms with E-state index in [1.54, 1.807) is 0 Å². The van der Waals surface area contributed by atoms with Crippen molar-refractivity contribution in [3.05, 3.63) is 24.8 Å². The van der Waals surface area contributed by atoms with Crippen molar-refractivity contribution in [1.82, 2.24) is 0 Å². The zero-order valence-corrected chi connectivity index (χ0v) is 11.1. The second-order valence-electron chi connectivity index (χ2n) is 5.42. The smallest absolute Gasteiger partial charge is 0.0735 e. The number of nitrogens with zero attached hydrogens (tertiary/aromatic N) is 1. The van der Waals surface area contributed by atoms with Gasteiger partial charge in [0.15, 0.2) is 0 Å². The normalized spacial score (nSPS) is 14.7. The third-order valence-electron chi connectivity index (χ3n) is 2.13. The fourth-order valence-electron chi connectivity index (χ4n) is 1.27. The average molecular weight is 207 g/mol. The molecule has 86 valence electrons. The van der Waals surface area contributed by atoms with E-state index in [9.17, 15) is 0 Å². The van der Waals surface area contributed by atoms with Crippen molar-refractivity contribution in [2.75, 3.05) is 0 Å². The van der Waals surface area contributed by atoms with Gasteiger partial charge in [0.1, 0.15) is 0 Å². The number of rotatable bonds is 4. The molecule has 0 fully saturated rings. The highest BCUT2D eigenvalue weighted by Crippen LogP contribution is 2.21. The van der Waals surface area contributed by atoms with E-state index in [0.29, 0.717) is 0 Å². The highest BCUT2D eigenvalue weighted by atomic mass is 14.8. The van der Waals surface area contributed by atoms with Crippen LogP contribution in [0.25, 0.3) is 0 Å². The lowest BCUT2D eigenvalue weighted by atomic mass is 9.89. The van der Waals surface area contributed by atoms with Crippen molar-refractivity contribution in [3.8, 4) is 0 Å². The molecule has 0 rings (SSSR count). The first-order chi connectivity index (χ1) is 6.73. The molecule has 0 aliphatic rings. The van der Waals surface area contributed by atoms with E-state index in [4.69, 9.17) is 4.99 Å². The number of hydrogen-bond acceptors (Lipinski definition) is 1. The molecule has 0 aliphatic heterocycles. The largest absolute Gasteiger partial charge is 0.279 e. The summed E-state index contributed by atoms with van der Waals surface area (Å²) in [5.41, 5.74) is 1.000. The number of aliphatic imine (C=N–C) groups is 1. The minimum atomic E-state index is -0.132. The Balaban J connectivity index is 4.98. The lowest BCUT2D eigenvalue weighted by Gasteiger charge is -2.24. The third-order valence-corrected chi connectivity index (χ3v) is 2.13. The Kier molecular flexibility index (Phi) is 4.99. The van der Waals surface area contributed by atoms with Gasteiger partial charge >= 0.3 is 0 Å². The van der Waals surface area contributed by atoms with Gasteiger partial charge in [-0.15, -0.1) is 0 Å². The lowest BCUT2D eigenvalue weighted by Crippen LogP contribution is -2.24. The first-order valence-corrected chi connectivity index (χ1v) is 5.63. The number of hydrogen-bond donors (Lipinski definition) is 0. The molecule has 0 atom stereocenters. The molecule has 0 bridgehead atoms. The van der Waals surface area contributed by atoms with Gasteiger partial charge in [-0.05, 0) is 26.3 Å². The van der Waals surface area contributed by atoms with Gasteiger partial charge in [0.25, 0.3) is 0 Å². The van der Waals surface area contributed by atoms with Crippen LogP contribution in [0, 0.1) is 5.41 Å². The van der Waals surface area contributed by atoms with Crippen molar-refractivity contribution in [2.45, 2.75) is 53.5 Å². The molecule has 0 saturated heterocycles. The Labute approximate surface area is 95.0 Å². The molecule has 1 heteroatoms. The van der Waals surface area contributed by atoms with E-state index in [2.05, 4.69) is 60.3 Å². The van der Waals surface area contributed by atoms with Crippen LogP contribution in [0.2, 0.25) is 0 Å². The van der Waals surface area contributed by atoms with Crippen LogP contribution in [0.15, 0.2) is 29.8 Å². The van der Waals surface area contributed by atoms with Gasteiger partial charge in [-0.2, -0.15) is 0 Å². The maximum absolute atomic E-state index is 4.75. The van der Waals surface area contributed by atoms with E-state index >= 15 is 0 Å². The van der Waals surface area contributed by atoms with Crippen LogP contribution in [0.5, 0.6) is 0 Å². The van der Waals surface area contributed by atoms with Gasteiger partial charge in [0.05, 0.1) is 5.54 Å². The van der Waals surface area contributed by atoms with Gasteiger partial charge < -0.3 is 0 Å². The van der Waals surface area contributed by atoms with Crippen LogP contribution in [0.1, 0.15) is 48.0 Å². The van der Waals surface area contributed by atoms with E-state index < -0.39 is 0 Å². The quantitative estimate of drug-likeness (QED) is 0.478. The molecule has 0 spiro atoms. The fraction of sp³-hybridized carbons (Fsp3) is 0.643. The first kappa shape index (κ1) is 14.2. The van der Waals surface area contributed by atoms with Crippen LogP contribution in [-0.4, -0.2) is 11.3 Å². The molecule has 15 heavy (non-hydrogen) atoms. The minimum Gasteiger partial charge on any atom is -0.279 e. The predicted octanol–water partition coefficient (Wildman–Crippen LogP) is 4.40. The molecule has 0 unspecified atom stereocenters. The maximum Gasteiger partial charge on any atom is 0.0735 e. The fourth-order valence-corrected chi connectivity index (χ4v) is 1.27. The first-order valence-electron chi connectivity index (χ1n) is 5.63. The molecule has 0 saturated carbocycles. The van der Waals surface area contributed by atoms with Gasteiger partial charge in [-0.1, -0.05) is 46.4 Å². The molecule has 0 aromatic rings. The van der Waals surface area contributed by atoms with E-state index in [0.717, 1.165) is 12.1 Å². The summed E-state index contributed by atoms with van der Waals surface area (Å²) in [5, 5.41) is 0. The van der Waals surface area contributed by atoms with Crippen molar-refractivity contribution >= 4 is 5.71 Å². The molecule has 1 nitrogen and oxygen atoms in total. The Bertz CT molecular complexity index is 262. The predicted molar refractivity (Wildman–Crippen MR) is 70.6 cm³/mol. The second-order valence-corrected chi connectivity index (χ2v) is 5.42. The Morgan fingerprint density at radius 3 is 2.07 bits per heavy atom.